The molecule has 1 saturated carbocycles. The van der Waals surface area contributed by atoms with E-state index < -0.39 is 16.1 Å². The molecule has 1 aliphatic carbocycles. The SMILES string of the molecule is NC(=O)NCc1nc2cc(OS(=O)(=O)c3ccc(NC4CCCC4)cc3)ccc2[nH]1. The third-order valence-corrected chi connectivity index (χ3v) is 6.27. The largest absolute Gasteiger partial charge is 0.382 e. The highest BCUT2D eigenvalue weighted by Gasteiger charge is 2.19. The van der Waals surface area contributed by atoms with Gasteiger partial charge in [0, 0.05) is 17.8 Å². The second kappa shape index (κ2) is 8.23. The average molecular weight is 430 g/mol. The molecule has 3 aromatic rings. The van der Waals surface area contributed by atoms with E-state index in [1.54, 1.807) is 24.3 Å². The summed E-state index contributed by atoms with van der Waals surface area (Å²) in [5.41, 5.74) is 7.15. The lowest BCUT2D eigenvalue weighted by Crippen LogP contribution is -2.29. The number of hydrogen-bond donors (Lipinski definition) is 4. The molecule has 1 aromatic heterocycles. The monoisotopic (exact) mass is 429 g/mol. The van der Waals surface area contributed by atoms with Crippen molar-refractivity contribution >= 4 is 32.9 Å². The molecule has 1 heterocycles. The zero-order chi connectivity index (χ0) is 21.1. The van der Waals surface area contributed by atoms with Crippen molar-refractivity contribution in [2.24, 2.45) is 5.73 Å². The first-order valence-electron chi connectivity index (χ1n) is 9.72. The standard InChI is InChI=1S/C20H23N5O4S/c21-20(26)22-12-19-24-17-10-7-15(11-18(17)25-19)29-30(27,28)16-8-5-14(6-9-16)23-13-3-1-2-4-13/h5-11,13,23H,1-4,12H2,(H,24,25)(H3,21,22,26). The van der Waals surface area contributed by atoms with Gasteiger partial charge >= 0.3 is 16.1 Å². The molecule has 4 rings (SSSR count). The summed E-state index contributed by atoms with van der Waals surface area (Å²) in [6.45, 7) is 0.139. The molecule has 30 heavy (non-hydrogen) atoms. The lowest BCUT2D eigenvalue weighted by molar-refractivity contribution is 0.248. The first-order chi connectivity index (χ1) is 14.4. The summed E-state index contributed by atoms with van der Waals surface area (Å²) in [4.78, 5) is 18.2. The van der Waals surface area contributed by atoms with Crippen molar-refractivity contribution in [2.75, 3.05) is 5.32 Å². The van der Waals surface area contributed by atoms with E-state index in [0.717, 1.165) is 18.5 Å². The molecule has 2 amide bonds. The van der Waals surface area contributed by atoms with Crippen LogP contribution in [0, 0.1) is 0 Å². The zero-order valence-electron chi connectivity index (χ0n) is 16.2. The van der Waals surface area contributed by atoms with Crippen LogP contribution < -0.4 is 20.6 Å². The first kappa shape index (κ1) is 20.0. The number of primary amides is 1. The Balaban J connectivity index is 1.46. The van der Waals surface area contributed by atoms with Gasteiger partial charge in [-0.25, -0.2) is 9.78 Å². The van der Waals surface area contributed by atoms with E-state index in [9.17, 15) is 13.2 Å². The predicted molar refractivity (Wildman–Crippen MR) is 113 cm³/mol. The fraction of sp³-hybridized carbons (Fsp3) is 0.300. The summed E-state index contributed by atoms with van der Waals surface area (Å²) in [6.07, 6.45) is 4.72. The van der Waals surface area contributed by atoms with E-state index in [1.165, 1.54) is 31.0 Å². The van der Waals surface area contributed by atoms with Gasteiger partial charge in [0.25, 0.3) is 0 Å². The first-order valence-corrected chi connectivity index (χ1v) is 11.1. The van der Waals surface area contributed by atoms with Gasteiger partial charge in [0.1, 0.15) is 16.5 Å². The summed E-state index contributed by atoms with van der Waals surface area (Å²) in [6, 6.07) is 11.1. The molecule has 1 aliphatic rings. The number of imidazole rings is 1. The Hall–Kier alpha value is -3.27. The molecule has 9 nitrogen and oxygen atoms in total. The Kier molecular flexibility index (Phi) is 5.49. The molecule has 0 radical (unpaired) electrons. The number of carbonyl (C=O) groups excluding carboxylic acids is 1. The number of nitrogens with one attached hydrogen (secondary N) is 3. The van der Waals surface area contributed by atoms with Gasteiger partial charge < -0.3 is 25.5 Å². The normalized spacial score (nSPS) is 14.7. The van der Waals surface area contributed by atoms with Gasteiger partial charge in [0.2, 0.25) is 0 Å². The van der Waals surface area contributed by atoms with Crippen molar-refractivity contribution in [2.45, 2.75) is 43.2 Å². The van der Waals surface area contributed by atoms with Gasteiger partial charge in [-0.2, -0.15) is 8.42 Å². The molecule has 0 atom stereocenters. The van der Waals surface area contributed by atoms with Crippen LogP contribution in [0.5, 0.6) is 5.75 Å². The molecule has 0 spiro atoms. The smallest absolute Gasteiger partial charge is 0.339 e. The number of H-pyrrole nitrogens is 1. The minimum absolute atomic E-state index is 0.0768. The number of aromatic nitrogens is 2. The van der Waals surface area contributed by atoms with Crippen LogP contribution in [-0.4, -0.2) is 30.5 Å². The minimum Gasteiger partial charge on any atom is -0.382 e. The number of fused-ring (bicyclic) bond motifs is 1. The second-order valence-electron chi connectivity index (χ2n) is 7.27. The summed E-state index contributed by atoms with van der Waals surface area (Å²) >= 11 is 0. The number of aromatic amines is 1. The van der Waals surface area contributed by atoms with E-state index in [-0.39, 0.29) is 17.2 Å². The maximum atomic E-state index is 12.6. The van der Waals surface area contributed by atoms with Crippen LogP contribution in [0.25, 0.3) is 11.0 Å². The number of benzene rings is 2. The molecule has 0 unspecified atom stereocenters. The Bertz CT molecular complexity index is 1150. The number of anilines is 1. The highest BCUT2D eigenvalue weighted by atomic mass is 32.2. The summed E-state index contributed by atoms with van der Waals surface area (Å²) in [5, 5.41) is 5.86. The maximum Gasteiger partial charge on any atom is 0.339 e. The van der Waals surface area contributed by atoms with Crippen LogP contribution in [0.2, 0.25) is 0 Å². The lowest BCUT2D eigenvalue weighted by Gasteiger charge is -2.14. The molecular weight excluding hydrogens is 406 g/mol. The number of nitrogens with zero attached hydrogens (tertiary/aromatic N) is 1. The van der Waals surface area contributed by atoms with Crippen LogP contribution in [0.15, 0.2) is 47.4 Å². The van der Waals surface area contributed by atoms with Crippen LogP contribution in [0.3, 0.4) is 0 Å². The molecule has 1 fully saturated rings. The zero-order valence-corrected chi connectivity index (χ0v) is 17.0. The van der Waals surface area contributed by atoms with E-state index in [4.69, 9.17) is 9.92 Å². The molecule has 158 valence electrons. The number of nitrogens with two attached hydrogens (primary N) is 1. The van der Waals surface area contributed by atoms with Crippen molar-refractivity contribution in [3.63, 3.8) is 0 Å². The Morgan fingerprint density at radius 1 is 1.17 bits per heavy atom. The van der Waals surface area contributed by atoms with Crippen LogP contribution in [0.1, 0.15) is 31.5 Å². The van der Waals surface area contributed by atoms with Crippen LogP contribution >= 0.6 is 0 Å². The van der Waals surface area contributed by atoms with Gasteiger partial charge in [-0.05, 0) is 49.2 Å². The molecule has 0 bridgehead atoms. The molecule has 10 heteroatoms. The van der Waals surface area contributed by atoms with Crippen molar-refractivity contribution < 1.29 is 17.4 Å². The predicted octanol–water partition coefficient (Wildman–Crippen LogP) is 2.85. The highest BCUT2D eigenvalue weighted by Crippen LogP contribution is 2.25. The topological polar surface area (TPSA) is 139 Å². The number of urea groups is 1. The van der Waals surface area contributed by atoms with E-state index in [1.807, 2.05) is 0 Å². The molecule has 2 aromatic carbocycles. The quantitative estimate of drug-likeness (QED) is 0.426. The number of rotatable bonds is 7. The fourth-order valence-corrected chi connectivity index (χ4v) is 4.47. The van der Waals surface area contributed by atoms with Crippen LogP contribution in [0.4, 0.5) is 10.5 Å². The number of amides is 2. The third kappa shape index (κ3) is 4.65. The van der Waals surface area contributed by atoms with Crippen molar-refractivity contribution in [1.29, 1.82) is 0 Å². The van der Waals surface area contributed by atoms with Gasteiger partial charge in [0.05, 0.1) is 17.6 Å². The van der Waals surface area contributed by atoms with Gasteiger partial charge in [-0.3, -0.25) is 0 Å². The highest BCUT2D eigenvalue weighted by molar-refractivity contribution is 7.87. The van der Waals surface area contributed by atoms with E-state index in [2.05, 4.69) is 20.6 Å². The average Bonchev–Trinajstić information content (AvgIpc) is 3.35. The Labute approximate surface area is 174 Å². The fourth-order valence-electron chi connectivity index (χ4n) is 3.54. The lowest BCUT2D eigenvalue weighted by atomic mass is 10.2. The summed E-state index contributed by atoms with van der Waals surface area (Å²) in [5.74, 6) is 0.644. The van der Waals surface area contributed by atoms with Crippen molar-refractivity contribution in [3.8, 4) is 5.75 Å². The van der Waals surface area contributed by atoms with Gasteiger partial charge in [-0.1, -0.05) is 12.8 Å². The minimum atomic E-state index is -3.98. The molecule has 0 saturated heterocycles. The van der Waals surface area contributed by atoms with E-state index >= 15 is 0 Å². The third-order valence-electron chi connectivity index (χ3n) is 5.01. The Morgan fingerprint density at radius 3 is 2.60 bits per heavy atom. The van der Waals surface area contributed by atoms with Crippen LogP contribution in [-0.2, 0) is 16.7 Å². The Morgan fingerprint density at radius 2 is 1.90 bits per heavy atom. The molecule has 0 aliphatic heterocycles. The second-order valence-corrected chi connectivity index (χ2v) is 8.81. The molecular formula is C20H23N5O4S. The van der Waals surface area contributed by atoms with Gasteiger partial charge in [-0.15, -0.1) is 0 Å². The maximum absolute atomic E-state index is 12.6. The summed E-state index contributed by atoms with van der Waals surface area (Å²) in [7, 11) is -3.98. The molecule has 5 N–H and O–H groups in total. The number of hydrogen-bond acceptors (Lipinski definition) is 6. The van der Waals surface area contributed by atoms with Crippen molar-refractivity contribution in [1.82, 2.24) is 15.3 Å². The van der Waals surface area contributed by atoms with Crippen molar-refractivity contribution in [3.05, 3.63) is 48.3 Å². The van der Waals surface area contributed by atoms with E-state index in [0.29, 0.717) is 22.9 Å². The number of carbonyl (C=O) groups is 1. The van der Waals surface area contributed by atoms with Gasteiger partial charge in [0.15, 0.2) is 0 Å². The summed E-state index contributed by atoms with van der Waals surface area (Å²) < 4.78 is 30.6.